The van der Waals surface area contributed by atoms with Crippen LogP contribution in [0.15, 0.2) is 0 Å². The van der Waals surface area contributed by atoms with Gasteiger partial charge in [0.25, 0.3) is 0 Å². The van der Waals surface area contributed by atoms with Crippen molar-refractivity contribution in [1.29, 1.82) is 0 Å². The zero-order chi connectivity index (χ0) is 14.3. The van der Waals surface area contributed by atoms with E-state index in [4.69, 9.17) is 0 Å². The highest BCUT2D eigenvalue weighted by atomic mass is 15.1. The zero-order valence-electron chi connectivity index (χ0n) is 14.0. The van der Waals surface area contributed by atoms with Gasteiger partial charge in [-0.1, -0.05) is 53.9 Å². The molecule has 19 heavy (non-hydrogen) atoms. The lowest BCUT2D eigenvalue weighted by molar-refractivity contribution is 0.142. The minimum absolute atomic E-state index is 0.363. The Hall–Kier alpha value is -0.0800. The van der Waals surface area contributed by atoms with E-state index in [0.717, 1.165) is 12.6 Å². The van der Waals surface area contributed by atoms with Gasteiger partial charge in [-0.3, -0.25) is 0 Å². The van der Waals surface area contributed by atoms with Gasteiger partial charge in [-0.2, -0.15) is 0 Å². The Morgan fingerprint density at radius 1 is 1.11 bits per heavy atom. The summed E-state index contributed by atoms with van der Waals surface area (Å²) in [4.78, 5) is 2.73. The molecule has 2 heteroatoms. The summed E-state index contributed by atoms with van der Waals surface area (Å²) in [5.74, 6) is 0. The first-order chi connectivity index (χ1) is 8.99. The molecule has 1 fully saturated rings. The molecule has 0 aliphatic heterocycles. The van der Waals surface area contributed by atoms with Crippen LogP contribution in [0.2, 0.25) is 0 Å². The average molecular weight is 268 g/mol. The maximum atomic E-state index is 3.68. The number of rotatable bonds is 7. The summed E-state index contributed by atoms with van der Waals surface area (Å²) < 4.78 is 0. The molecule has 0 saturated heterocycles. The van der Waals surface area contributed by atoms with Gasteiger partial charge >= 0.3 is 0 Å². The predicted octanol–water partition coefficient (Wildman–Crippen LogP) is 4.06. The van der Waals surface area contributed by atoms with Gasteiger partial charge in [0.15, 0.2) is 0 Å². The first-order valence-electron chi connectivity index (χ1n) is 8.46. The minimum atomic E-state index is 0.363. The standard InChI is InChI=1S/C17H36N2/c1-6-18-16(17(3,4)5)13-14-19(7-2)15-11-9-8-10-12-15/h15-16,18H,6-14H2,1-5H3. The van der Waals surface area contributed by atoms with Crippen LogP contribution in [0.4, 0.5) is 0 Å². The molecular formula is C17H36N2. The molecule has 1 aliphatic rings. The van der Waals surface area contributed by atoms with Crippen molar-refractivity contribution in [3.05, 3.63) is 0 Å². The highest BCUT2D eigenvalue weighted by Crippen LogP contribution is 2.25. The Kier molecular flexibility index (Phi) is 7.38. The lowest BCUT2D eigenvalue weighted by Crippen LogP contribution is -2.45. The fourth-order valence-corrected chi connectivity index (χ4v) is 3.43. The van der Waals surface area contributed by atoms with Gasteiger partial charge in [0.2, 0.25) is 0 Å². The van der Waals surface area contributed by atoms with Crippen molar-refractivity contribution in [2.75, 3.05) is 19.6 Å². The maximum Gasteiger partial charge on any atom is 0.0128 e. The second-order valence-electron chi connectivity index (χ2n) is 7.19. The van der Waals surface area contributed by atoms with E-state index in [-0.39, 0.29) is 0 Å². The molecule has 0 heterocycles. The van der Waals surface area contributed by atoms with Crippen molar-refractivity contribution in [1.82, 2.24) is 10.2 Å². The van der Waals surface area contributed by atoms with Crippen LogP contribution in [0.3, 0.4) is 0 Å². The molecule has 0 aromatic rings. The molecule has 0 aromatic heterocycles. The summed E-state index contributed by atoms with van der Waals surface area (Å²) in [6.45, 7) is 15.2. The van der Waals surface area contributed by atoms with E-state index in [9.17, 15) is 0 Å². The number of hydrogen-bond acceptors (Lipinski definition) is 2. The third-order valence-corrected chi connectivity index (χ3v) is 4.70. The van der Waals surface area contributed by atoms with Crippen LogP contribution < -0.4 is 5.32 Å². The molecule has 114 valence electrons. The second-order valence-corrected chi connectivity index (χ2v) is 7.19. The first-order valence-corrected chi connectivity index (χ1v) is 8.46. The molecule has 0 amide bonds. The quantitative estimate of drug-likeness (QED) is 0.749. The molecule has 0 aromatic carbocycles. The SMILES string of the molecule is CCNC(CCN(CC)C1CCCCC1)C(C)(C)C. The third-order valence-electron chi connectivity index (χ3n) is 4.70. The molecule has 1 atom stereocenters. The lowest BCUT2D eigenvalue weighted by atomic mass is 9.84. The van der Waals surface area contributed by atoms with E-state index in [1.165, 1.54) is 51.6 Å². The van der Waals surface area contributed by atoms with Crippen molar-refractivity contribution in [3.63, 3.8) is 0 Å². The summed E-state index contributed by atoms with van der Waals surface area (Å²) in [5.41, 5.74) is 0.363. The van der Waals surface area contributed by atoms with E-state index in [1.54, 1.807) is 0 Å². The molecular weight excluding hydrogens is 232 g/mol. The molecule has 0 radical (unpaired) electrons. The van der Waals surface area contributed by atoms with Gasteiger partial charge < -0.3 is 10.2 Å². The van der Waals surface area contributed by atoms with Gasteiger partial charge in [0, 0.05) is 12.1 Å². The van der Waals surface area contributed by atoms with Crippen LogP contribution in [0.25, 0.3) is 0 Å². The van der Waals surface area contributed by atoms with Gasteiger partial charge in [0.05, 0.1) is 0 Å². The predicted molar refractivity (Wildman–Crippen MR) is 85.7 cm³/mol. The Morgan fingerprint density at radius 3 is 2.21 bits per heavy atom. The fraction of sp³-hybridized carbons (Fsp3) is 1.00. The molecule has 1 N–H and O–H groups in total. The Morgan fingerprint density at radius 2 is 1.74 bits per heavy atom. The number of nitrogens with zero attached hydrogens (tertiary/aromatic N) is 1. The summed E-state index contributed by atoms with van der Waals surface area (Å²) in [7, 11) is 0. The van der Waals surface area contributed by atoms with Gasteiger partial charge in [-0.15, -0.1) is 0 Å². The van der Waals surface area contributed by atoms with Crippen molar-refractivity contribution >= 4 is 0 Å². The van der Waals surface area contributed by atoms with Gasteiger partial charge in [-0.25, -0.2) is 0 Å². The van der Waals surface area contributed by atoms with E-state index in [2.05, 4.69) is 44.8 Å². The summed E-state index contributed by atoms with van der Waals surface area (Å²) >= 11 is 0. The molecule has 1 aliphatic carbocycles. The molecule has 1 rings (SSSR count). The van der Waals surface area contributed by atoms with Crippen LogP contribution in [0.1, 0.15) is 73.1 Å². The lowest BCUT2D eigenvalue weighted by Gasteiger charge is -2.37. The maximum absolute atomic E-state index is 3.68. The first kappa shape index (κ1) is 17.0. The van der Waals surface area contributed by atoms with Gasteiger partial charge in [0.1, 0.15) is 0 Å². The Bertz CT molecular complexity index is 226. The smallest absolute Gasteiger partial charge is 0.0128 e. The number of hydrogen-bond donors (Lipinski definition) is 1. The molecule has 2 nitrogen and oxygen atoms in total. The minimum Gasteiger partial charge on any atom is -0.314 e. The highest BCUT2D eigenvalue weighted by molar-refractivity contribution is 4.83. The van der Waals surface area contributed by atoms with Crippen molar-refractivity contribution in [2.45, 2.75) is 85.2 Å². The molecule has 1 saturated carbocycles. The average Bonchev–Trinajstić information content (AvgIpc) is 2.38. The van der Waals surface area contributed by atoms with Crippen molar-refractivity contribution in [2.24, 2.45) is 5.41 Å². The van der Waals surface area contributed by atoms with Crippen LogP contribution in [0, 0.1) is 5.41 Å². The largest absolute Gasteiger partial charge is 0.314 e. The molecule has 1 unspecified atom stereocenters. The zero-order valence-corrected chi connectivity index (χ0v) is 14.0. The van der Waals surface area contributed by atoms with Gasteiger partial charge in [-0.05, 0) is 44.3 Å². The van der Waals surface area contributed by atoms with Crippen molar-refractivity contribution in [3.8, 4) is 0 Å². The summed E-state index contributed by atoms with van der Waals surface area (Å²) in [6, 6.07) is 1.50. The molecule has 0 spiro atoms. The second kappa shape index (κ2) is 8.26. The van der Waals surface area contributed by atoms with Crippen LogP contribution in [-0.2, 0) is 0 Å². The monoisotopic (exact) mass is 268 g/mol. The van der Waals surface area contributed by atoms with Crippen LogP contribution in [0.5, 0.6) is 0 Å². The van der Waals surface area contributed by atoms with Crippen LogP contribution in [-0.4, -0.2) is 36.6 Å². The fourth-order valence-electron chi connectivity index (χ4n) is 3.43. The third kappa shape index (κ3) is 5.83. The van der Waals surface area contributed by atoms with Crippen LogP contribution >= 0.6 is 0 Å². The highest BCUT2D eigenvalue weighted by Gasteiger charge is 2.26. The van der Waals surface area contributed by atoms with E-state index in [1.807, 2.05) is 0 Å². The topological polar surface area (TPSA) is 15.3 Å². The van der Waals surface area contributed by atoms with E-state index < -0.39 is 0 Å². The normalized spacial score (nSPS) is 19.9. The van der Waals surface area contributed by atoms with E-state index >= 15 is 0 Å². The van der Waals surface area contributed by atoms with Crippen molar-refractivity contribution < 1.29 is 0 Å². The Labute approximate surface area is 121 Å². The summed E-state index contributed by atoms with van der Waals surface area (Å²) in [5, 5.41) is 3.68. The van der Waals surface area contributed by atoms with E-state index in [0.29, 0.717) is 11.5 Å². The Balaban J connectivity index is 2.45. The summed E-state index contributed by atoms with van der Waals surface area (Å²) in [6.07, 6.45) is 8.47. The molecule has 0 bridgehead atoms. The number of nitrogens with one attached hydrogen (secondary N) is 1.